The second kappa shape index (κ2) is 7.51. The molecule has 0 spiro atoms. The van der Waals surface area contributed by atoms with Gasteiger partial charge in [0.25, 0.3) is 11.8 Å². The molecule has 0 radical (unpaired) electrons. The smallest absolute Gasteiger partial charge is 0.261 e. The number of carbonyl (C=O) groups excluding carboxylic acids is 3. The summed E-state index contributed by atoms with van der Waals surface area (Å²) in [6.07, 6.45) is 0.749. The summed E-state index contributed by atoms with van der Waals surface area (Å²) in [5, 5.41) is 5.69. The van der Waals surface area contributed by atoms with E-state index in [1.807, 2.05) is 7.05 Å². The third-order valence-corrected chi connectivity index (χ3v) is 3.91. The van der Waals surface area contributed by atoms with Crippen LogP contribution >= 0.6 is 15.9 Å². The maximum atomic E-state index is 12.2. The van der Waals surface area contributed by atoms with Crippen LogP contribution in [0.4, 0.5) is 0 Å². The molecule has 1 aliphatic rings. The Balaban J connectivity index is 1.86. The van der Waals surface area contributed by atoms with Crippen LogP contribution < -0.4 is 10.6 Å². The number of hydrogen-bond donors (Lipinski definition) is 2. The molecule has 1 heterocycles. The first-order valence-electron chi connectivity index (χ1n) is 7.11. The number of nitrogens with zero attached hydrogens (tertiary/aromatic N) is 1. The number of likely N-dealkylation sites (N-methyl/N-ethyl adjacent to an activating group) is 1. The largest absolute Gasteiger partial charge is 0.355 e. The van der Waals surface area contributed by atoms with Crippen molar-refractivity contribution >= 4 is 33.7 Å². The van der Waals surface area contributed by atoms with E-state index in [2.05, 4.69) is 26.6 Å². The summed E-state index contributed by atoms with van der Waals surface area (Å²) in [6, 6.07) is 5.03. The zero-order chi connectivity index (χ0) is 16.1. The van der Waals surface area contributed by atoms with Crippen molar-refractivity contribution in [1.82, 2.24) is 15.5 Å². The van der Waals surface area contributed by atoms with Gasteiger partial charge >= 0.3 is 0 Å². The molecule has 0 saturated heterocycles. The molecular formula is C15H18BrN3O3. The van der Waals surface area contributed by atoms with E-state index in [1.54, 1.807) is 18.2 Å². The van der Waals surface area contributed by atoms with Crippen LogP contribution in [-0.4, -0.2) is 49.3 Å². The van der Waals surface area contributed by atoms with Crippen molar-refractivity contribution in [2.45, 2.75) is 12.8 Å². The number of benzene rings is 1. The lowest BCUT2D eigenvalue weighted by Gasteiger charge is -2.13. The fraction of sp³-hybridized carbons (Fsp3) is 0.400. The second-order valence-electron chi connectivity index (χ2n) is 5.01. The summed E-state index contributed by atoms with van der Waals surface area (Å²) in [5.41, 5.74) is 0.838. The number of amides is 3. The minimum absolute atomic E-state index is 0.0744. The molecule has 1 aromatic rings. The molecule has 0 aromatic heterocycles. The molecule has 2 rings (SSSR count). The monoisotopic (exact) mass is 367 g/mol. The first-order valence-corrected chi connectivity index (χ1v) is 7.91. The highest BCUT2D eigenvalue weighted by Gasteiger charge is 2.35. The summed E-state index contributed by atoms with van der Waals surface area (Å²) in [7, 11) is 1.81. The van der Waals surface area contributed by atoms with Gasteiger partial charge in [0.05, 0.1) is 11.1 Å². The third kappa shape index (κ3) is 3.72. The Bertz CT molecular complexity index is 604. The lowest BCUT2D eigenvalue weighted by molar-refractivity contribution is -0.121. The number of rotatable bonds is 7. The van der Waals surface area contributed by atoms with Gasteiger partial charge in [0.1, 0.15) is 0 Å². The molecule has 2 N–H and O–H groups in total. The van der Waals surface area contributed by atoms with Gasteiger partial charge in [-0.25, -0.2) is 0 Å². The van der Waals surface area contributed by atoms with Gasteiger partial charge in [-0.05, 0) is 31.7 Å². The molecule has 0 atom stereocenters. The van der Waals surface area contributed by atoms with Crippen molar-refractivity contribution in [1.29, 1.82) is 0 Å². The van der Waals surface area contributed by atoms with Gasteiger partial charge in [-0.15, -0.1) is 0 Å². The van der Waals surface area contributed by atoms with E-state index in [9.17, 15) is 14.4 Å². The minimum atomic E-state index is -0.295. The number of carbonyl (C=O) groups is 3. The molecule has 3 amide bonds. The molecule has 7 heteroatoms. The van der Waals surface area contributed by atoms with Crippen molar-refractivity contribution in [3.63, 3.8) is 0 Å². The van der Waals surface area contributed by atoms with Crippen molar-refractivity contribution in [2.24, 2.45) is 0 Å². The average Bonchev–Trinajstić information content (AvgIpc) is 2.72. The van der Waals surface area contributed by atoms with E-state index in [-0.39, 0.29) is 24.3 Å². The zero-order valence-electron chi connectivity index (χ0n) is 12.3. The molecule has 6 nitrogen and oxygen atoms in total. The molecular weight excluding hydrogens is 350 g/mol. The summed E-state index contributed by atoms with van der Waals surface area (Å²) >= 11 is 3.29. The summed E-state index contributed by atoms with van der Waals surface area (Å²) in [6.45, 7) is 1.53. The molecule has 0 unspecified atom stereocenters. The highest BCUT2D eigenvalue weighted by Crippen LogP contribution is 2.26. The Morgan fingerprint density at radius 3 is 2.64 bits per heavy atom. The van der Waals surface area contributed by atoms with Gasteiger partial charge in [-0.2, -0.15) is 0 Å². The Kier molecular flexibility index (Phi) is 5.68. The number of imide groups is 1. The first kappa shape index (κ1) is 16.6. The van der Waals surface area contributed by atoms with Crippen LogP contribution in [-0.2, 0) is 4.79 Å². The molecule has 0 aliphatic carbocycles. The summed E-state index contributed by atoms with van der Waals surface area (Å²) in [5.74, 6) is -0.658. The Morgan fingerprint density at radius 2 is 1.91 bits per heavy atom. The summed E-state index contributed by atoms with van der Waals surface area (Å²) < 4.78 is 0.762. The van der Waals surface area contributed by atoms with Gasteiger partial charge in [-0.3, -0.25) is 19.3 Å². The van der Waals surface area contributed by atoms with E-state index in [0.29, 0.717) is 37.1 Å². The highest BCUT2D eigenvalue weighted by molar-refractivity contribution is 9.10. The molecule has 0 saturated carbocycles. The topological polar surface area (TPSA) is 78.5 Å². The van der Waals surface area contributed by atoms with Crippen LogP contribution in [0.25, 0.3) is 0 Å². The van der Waals surface area contributed by atoms with Gasteiger partial charge in [0, 0.05) is 30.5 Å². The predicted octanol–water partition coefficient (Wildman–Crippen LogP) is 1.16. The van der Waals surface area contributed by atoms with E-state index >= 15 is 0 Å². The molecule has 22 heavy (non-hydrogen) atoms. The zero-order valence-corrected chi connectivity index (χ0v) is 13.9. The Morgan fingerprint density at radius 1 is 1.18 bits per heavy atom. The van der Waals surface area contributed by atoms with Crippen LogP contribution in [0.1, 0.15) is 33.6 Å². The van der Waals surface area contributed by atoms with Crippen LogP contribution in [0.3, 0.4) is 0 Å². The van der Waals surface area contributed by atoms with Crippen molar-refractivity contribution in [2.75, 3.05) is 26.7 Å². The van der Waals surface area contributed by atoms with E-state index in [0.717, 1.165) is 4.47 Å². The van der Waals surface area contributed by atoms with Crippen LogP contribution in [0.5, 0.6) is 0 Å². The Hall–Kier alpha value is -1.73. The maximum absolute atomic E-state index is 12.2. The highest BCUT2D eigenvalue weighted by atomic mass is 79.9. The molecule has 0 bridgehead atoms. The first-order chi connectivity index (χ1) is 10.5. The van der Waals surface area contributed by atoms with Crippen LogP contribution in [0.2, 0.25) is 0 Å². The van der Waals surface area contributed by atoms with E-state index in [1.165, 1.54) is 4.90 Å². The number of hydrogen-bond acceptors (Lipinski definition) is 4. The lowest BCUT2D eigenvalue weighted by Crippen LogP contribution is -2.33. The number of halogens is 1. The quantitative estimate of drug-likeness (QED) is 0.559. The van der Waals surface area contributed by atoms with Crippen molar-refractivity contribution < 1.29 is 14.4 Å². The molecule has 0 fully saturated rings. The number of nitrogens with one attached hydrogen (secondary N) is 2. The molecule has 1 aliphatic heterocycles. The van der Waals surface area contributed by atoms with E-state index < -0.39 is 0 Å². The molecule has 118 valence electrons. The fourth-order valence-corrected chi connectivity index (χ4v) is 2.64. The van der Waals surface area contributed by atoms with Crippen molar-refractivity contribution in [3.8, 4) is 0 Å². The second-order valence-corrected chi connectivity index (χ2v) is 5.92. The predicted molar refractivity (Wildman–Crippen MR) is 85.7 cm³/mol. The van der Waals surface area contributed by atoms with Gasteiger partial charge < -0.3 is 10.6 Å². The van der Waals surface area contributed by atoms with Gasteiger partial charge in [0.15, 0.2) is 0 Å². The standard InChI is InChI=1S/C15H18BrN3O3/c1-17-6-7-18-13(20)3-2-8-19-14(21)11-5-4-10(16)9-12(11)15(19)22/h4-5,9,17H,2-3,6-8H2,1H3,(H,18,20). The third-order valence-electron chi connectivity index (χ3n) is 3.42. The fourth-order valence-electron chi connectivity index (χ4n) is 2.28. The van der Waals surface area contributed by atoms with E-state index in [4.69, 9.17) is 0 Å². The van der Waals surface area contributed by atoms with Gasteiger partial charge in [0.2, 0.25) is 5.91 Å². The maximum Gasteiger partial charge on any atom is 0.261 e. The average molecular weight is 368 g/mol. The normalized spacial score (nSPS) is 13.5. The summed E-state index contributed by atoms with van der Waals surface area (Å²) in [4.78, 5) is 37.2. The number of fused-ring (bicyclic) bond motifs is 1. The van der Waals surface area contributed by atoms with Crippen LogP contribution in [0, 0.1) is 0 Å². The van der Waals surface area contributed by atoms with Crippen molar-refractivity contribution in [3.05, 3.63) is 33.8 Å². The minimum Gasteiger partial charge on any atom is -0.355 e. The van der Waals surface area contributed by atoms with Crippen LogP contribution in [0.15, 0.2) is 22.7 Å². The Labute approximate surface area is 137 Å². The van der Waals surface area contributed by atoms with Gasteiger partial charge in [-0.1, -0.05) is 15.9 Å². The lowest BCUT2D eigenvalue weighted by atomic mass is 10.1. The molecule has 1 aromatic carbocycles. The SMILES string of the molecule is CNCCNC(=O)CCCN1C(=O)c2ccc(Br)cc2C1=O.